The van der Waals surface area contributed by atoms with Gasteiger partial charge >= 0.3 is 5.97 Å². The van der Waals surface area contributed by atoms with Crippen molar-refractivity contribution in [3.63, 3.8) is 0 Å². The number of rotatable bonds is 10. The molecule has 41 heavy (non-hydrogen) atoms. The summed E-state index contributed by atoms with van der Waals surface area (Å²) in [4.78, 5) is 11.7. The fraction of sp³-hybridized carbons (Fsp3) is 0.171. The third-order valence-corrected chi connectivity index (χ3v) is 7.67. The highest BCUT2D eigenvalue weighted by atomic mass is 16.5. The molecule has 0 unspecified atom stereocenters. The van der Waals surface area contributed by atoms with E-state index in [4.69, 9.17) is 9.47 Å². The lowest BCUT2D eigenvalue weighted by atomic mass is 9.99. The Morgan fingerprint density at radius 3 is 2.22 bits per heavy atom. The number of benzene rings is 4. The Kier molecular flexibility index (Phi) is 7.83. The van der Waals surface area contributed by atoms with E-state index in [1.54, 1.807) is 26.4 Å². The minimum absolute atomic E-state index is 0.304. The van der Waals surface area contributed by atoms with Crippen molar-refractivity contribution in [2.24, 2.45) is 0 Å². The van der Waals surface area contributed by atoms with Crippen molar-refractivity contribution in [1.29, 1.82) is 0 Å². The minimum Gasteiger partial charge on any atom is -0.497 e. The van der Waals surface area contributed by atoms with Crippen LogP contribution >= 0.6 is 0 Å². The first-order valence-corrected chi connectivity index (χ1v) is 13.4. The zero-order valence-corrected chi connectivity index (χ0v) is 23.8. The van der Waals surface area contributed by atoms with Crippen LogP contribution in [0.2, 0.25) is 0 Å². The van der Waals surface area contributed by atoms with E-state index < -0.39 is 5.97 Å². The Balaban J connectivity index is 1.35. The summed E-state index contributed by atoms with van der Waals surface area (Å²) in [5.74, 6) is 0.577. The smallest absolute Gasteiger partial charge is 0.336 e. The summed E-state index contributed by atoms with van der Waals surface area (Å²) in [6.07, 6.45) is 0. The van der Waals surface area contributed by atoms with Gasteiger partial charge in [-0.05, 0) is 77.6 Å². The van der Waals surface area contributed by atoms with Crippen LogP contribution in [0, 0.1) is 13.8 Å². The molecule has 1 heterocycles. The van der Waals surface area contributed by atoms with Gasteiger partial charge < -0.3 is 24.5 Å². The van der Waals surface area contributed by atoms with Crippen LogP contribution in [0.4, 0.5) is 0 Å². The highest BCUT2D eigenvalue weighted by molar-refractivity contribution is 5.96. The second-order valence-electron chi connectivity index (χ2n) is 10.1. The van der Waals surface area contributed by atoms with Gasteiger partial charge in [0.05, 0.1) is 19.8 Å². The molecule has 208 valence electrons. The maximum atomic E-state index is 11.7. The zero-order valence-electron chi connectivity index (χ0n) is 23.8. The Labute approximate surface area is 240 Å². The first-order valence-electron chi connectivity index (χ1n) is 13.4. The molecule has 0 atom stereocenters. The van der Waals surface area contributed by atoms with Crippen LogP contribution in [-0.2, 0) is 13.1 Å². The van der Waals surface area contributed by atoms with Crippen molar-refractivity contribution < 1.29 is 19.4 Å². The molecule has 5 aromatic rings. The van der Waals surface area contributed by atoms with Crippen molar-refractivity contribution in [3.05, 3.63) is 125 Å². The molecule has 0 saturated heterocycles. The number of methoxy groups -OCH3 is 2. The fourth-order valence-electron chi connectivity index (χ4n) is 5.21. The Morgan fingerprint density at radius 1 is 0.878 bits per heavy atom. The second kappa shape index (κ2) is 11.6. The van der Waals surface area contributed by atoms with Gasteiger partial charge in [-0.3, -0.25) is 0 Å². The number of aryl methyl sites for hydroxylation is 1. The lowest BCUT2D eigenvalue weighted by Gasteiger charge is -2.13. The molecule has 0 aliphatic carbocycles. The van der Waals surface area contributed by atoms with Gasteiger partial charge in [-0.1, -0.05) is 55.1 Å². The third-order valence-electron chi connectivity index (χ3n) is 7.67. The number of aromatic carboxylic acids is 1. The standard InChI is InChI=1S/C35H34N2O4/c1-22-24(3)37(21-25-10-12-27(13-11-25)31-8-6-7-9-32(31)35(38)39)34-15-14-28(18-33(22)34)23(2)36-20-26-16-29(40-4)19-30(17-26)41-5/h6-19,36H,2,20-21H2,1,3-5H3,(H,38,39). The van der Waals surface area contributed by atoms with Crippen LogP contribution in [-0.4, -0.2) is 29.9 Å². The minimum atomic E-state index is -0.924. The molecule has 0 fully saturated rings. The van der Waals surface area contributed by atoms with Crippen LogP contribution in [0.1, 0.15) is 38.3 Å². The number of ether oxygens (including phenoxy) is 2. The summed E-state index contributed by atoms with van der Waals surface area (Å²) in [6, 6.07) is 27.5. The molecule has 6 heteroatoms. The van der Waals surface area contributed by atoms with E-state index in [1.165, 1.54) is 16.6 Å². The topological polar surface area (TPSA) is 72.7 Å². The molecule has 0 spiro atoms. The number of fused-ring (bicyclic) bond motifs is 1. The van der Waals surface area contributed by atoms with Crippen LogP contribution in [0.25, 0.3) is 27.7 Å². The third kappa shape index (κ3) is 5.68. The maximum Gasteiger partial charge on any atom is 0.336 e. The molecule has 0 saturated carbocycles. The number of carboxylic acids is 1. The van der Waals surface area contributed by atoms with E-state index in [0.717, 1.165) is 50.5 Å². The summed E-state index contributed by atoms with van der Waals surface area (Å²) < 4.78 is 13.1. The average molecular weight is 547 g/mol. The van der Waals surface area contributed by atoms with Crippen LogP contribution in [0.3, 0.4) is 0 Å². The second-order valence-corrected chi connectivity index (χ2v) is 10.1. The highest BCUT2D eigenvalue weighted by Gasteiger charge is 2.14. The Morgan fingerprint density at radius 2 is 1.56 bits per heavy atom. The average Bonchev–Trinajstić information content (AvgIpc) is 3.24. The number of nitrogens with one attached hydrogen (secondary N) is 1. The lowest BCUT2D eigenvalue weighted by Crippen LogP contribution is -2.11. The summed E-state index contributed by atoms with van der Waals surface area (Å²) in [5, 5.41) is 14.2. The van der Waals surface area contributed by atoms with Crippen molar-refractivity contribution in [3.8, 4) is 22.6 Å². The van der Waals surface area contributed by atoms with Crippen LogP contribution in [0.15, 0.2) is 91.5 Å². The number of carboxylic acid groups (broad SMARTS) is 1. The van der Waals surface area contributed by atoms with Crippen molar-refractivity contribution in [2.75, 3.05) is 14.2 Å². The van der Waals surface area contributed by atoms with Gasteiger partial charge in [-0.2, -0.15) is 0 Å². The normalized spacial score (nSPS) is 10.9. The zero-order chi connectivity index (χ0) is 29.1. The van der Waals surface area contributed by atoms with Gasteiger partial charge in [0.2, 0.25) is 0 Å². The molecule has 2 N–H and O–H groups in total. The van der Waals surface area contributed by atoms with Crippen LogP contribution in [0.5, 0.6) is 11.5 Å². The molecule has 5 rings (SSSR count). The Bertz CT molecular complexity index is 1730. The van der Waals surface area contributed by atoms with E-state index >= 15 is 0 Å². The monoisotopic (exact) mass is 546 g/mol. The van der Waals surface area contributed by atoms with Crippen LogP contribution < -0.4 is 14.8 Å². The summed E-state index contributed by atoms with van der Waals surface area (Å²) in [6.45, 7) is 9.90. The van der Waals surface area contributed by atoms with E-state index in [-0.39, 0.29) is 0 Å². The van der Waals surface area contributed by atoms with E-state index in [0.29, 0.717) is 18.7 Å². The van der Waals surface area contributed by atoms with E-state index in [9.17, 15) is 9.90 Å². The molecule has 0 bridgehead atoms. The maximum absolute atomic E-state index is 11.7. The quantitative estimate of drug-likeness (QED) is 0.190. The number of aromatic nitrogens is 1. The van der Waals surface area contributed by atoms with Gasteiger partial charge in [0, 0.05) is 41.4 Å². The SMILES string of the molecule is C=C(NCc1cc(OC)cc(OC)c1)c1ccc2c(c1)c(C)c(C)n2Cc1ccc(-c2ccccc2C(=O)O)cc1. The van der Waals surface area contributed by atoms with Gasteiger partial charge in [0.1, 0.15) is 11.5 Å². The predicted molar refractivity (Wildman–Crippen MR) is 165 cm³/mol. The molecular formula is C35H34N2O4. The van der Waals surface area contributed by atoms with Gasteiger partial charge in [0.15, 0.2) is 0 Å². The molecular weight excluding hydrogens is 512 g/mol. The summed E-state index contributed by atoms with van der Waals surface area (Å²) in [7, 11) is 3.29. The van der Waals surface area contributed by atoms with Crippen molar-refractivity contribution >= 4 is 22.6 Å². The first kappa shape index (κ1) is 27.6. The van der Waals surface area contributed by atoms with E-state index in [1.807, 2.05) is 42.5 Å². The molecule has 6 nitrogen and oxygen atoms in total. The molecule has 1 aromatic heterocycles. The predicted octanol–water partition coefficient (Wildman–Crippen LogP) is 7.45. The van der Waals surface area contributed by atoms with Gasteiger partial charge in [0.25, 0.3) is 0 Å². The van der Waals surface area contributed by atoms with Crippen molar-refractivity contribution in [1.82, 2.24) is 9.88 Å². The fourth-order valence-corrected chi connectivity index (χ4v) is 5.21. The largest absolute Gasteiger partial charge is 0.497 e. The van der Waals surface area contributed by atoms with Gasteiger partial charge in [-0.15, -0.1) is 0 Å². The Hall–Kier alpha value is -4.97. The number of nitrogens with zero attached hydrogens (tertiary/aromatic N) is 1. The van der Waals surface area contributed by atoms with E-state index in [2.05, 4.69) is 60.6 Å². The summed E-state index contributed by atoms with van der Waals surface area (Å²) in [5.41, 5.74) is 9.58. The molecule has 0 aliphatic heterocycles. The van der Waals surface area contributed by atoms with Gasteiger partial charge in [-0.25, -0.2) is 4.79 Å². The molecule has 0 aliphatic rings. The number of hydrogen-bond acceptors (Lipinski definition) is 4. The molecule has 0 radical (unpaired) electrons. The number of carbonyl (C=O) groups is 1. The highest BCUT2D eigenvalue weighted by Crippen LogP contribution is 2.30. The lowest BCUT2D eigenvalue weighted by molar-refractivity contribution is 0.0697. The summed E-state index contributed by atoms with van der Waals surface area (Å²) >= 11 is 0. The number of hydrogen-bond donors (Lipinski definition) is 2. The molecule has 4 aromatic carbocycles. The molecule has 0 amide bonds. The van der Waals surface area contributed by atoms with Crippen molar-refractivity contribution in [2.45, 2.75) is 26.9 Å². The first-order chi connectivity index (χ1) is 19.8.